The van der Waals surface area contributed by atoms with E-state index in [2.05, 4.69) is 27.6 Å². The number of hydrogen-bond acceptors (Lipinski definition) is 6. The molecule has 6 nitrogen and oxygen atoms in total. The van der Waals surface area contributed by atoms with Gasteiger partial charge in [-0.3, -0.25) is 9.36 Å². The molecule has 2 aromatic carbocycles. The van der Waals surface area contributed by atoms with Gasteiger partial charge in [-0.25, -0.2) is 9.79 Å². The summed E-state index contributed by atoms with van der Waals surface area (Å²) in [5, 5.41) is 0.568. The molecule has 9 heteroatoms. The third-order valence-corrected chi connectivity index (χ3v) is 7.25. The molecule has 0 bridgehead atoms. The molecule has 33 heavy (non-hydrogen) atoms. The van der Waals surface area contributed by atoms with E-state index < -0.39 is 12.0 Å². The summed E-state index contributed by atoms with van der Waals surface area (Å²) in [6.45, 7) is 3.73. The maximum Gasteiger partial charge on any atom is 0.338 e. The van der Waals surface area contributed by atoms with Crippen molar-refractivity contribution in [3.8, 4) is 5.75 Å². The Morgan fingerprint density at radius 1 is 1.27 bits per heavy atom. The van der Waals surface area contributed by atoms with Crippen molar-refractivity contribution in [2.45, 2.75) is 19.9 Å². The van der Waals surface area contributed by atoms with Gasteiger partial charge in [0.2, 0.25) is 0 Å². The standard InChI is InChI=1S/C24H20ClIN2O4S/c1-4-32-23(30)20-13(2)27-24-28(21(20)15-6-8-16(25)9-7-15)22(29)19(33-24)12-14-5-10-18(31-3)17(26)11-14/h5-12,21H,4H2,1-3H3/b19-12-. The second-order valence-electron chi connectivity index (χ2n) is 7.25. The number of rotatable bonds is 5. The fraction of sp³-hybridized carbons (Fsp3) is 0.208. The lowest BCUT2D eigenvalue weighted by Crippen LogP contribution is -2.39. The van der Waals surface area contributed by atoms with Crippen LogP contribution in [0.2, 0.25) is 5.02 Å². The van der Waals surface area contributed by atoms with Crippen molar-refractivity contribution in [3.05, 3.63) is 93.1 Å². The zero-order valence-corrected chi connectivity index (χ0v) is 21.8. The van der Waals surface area contributed by atoms with Gasteiger partial charge in [0, 0.05) is 5.02 Å². The lowest BCUT2D eigenvalue weighted by atomic mass is 9.96. The van der Waals surface area contributed by atoms with Crippen LogP contribution in [0.25, 0.3) is 6.08 Å². The number of allylic oxidation sites excluding steroid dienone is 1. The Bertz CT molecular complexity index is 1440. The van der Waals surface area contributed by atoms with Gasteiger partial charge in [-0.2, -0.15) is 0 Å². The Labute approximate surface area is 213 Å². The van der Waals surface area contributed by atoms with Crippen LogP contribution in [-0.4, -0.2) is 24.3 Å². The van der Waals surface area contributed by atoms with Crippen LogP contribution in [0.15, 0.2) is 63.5 Å². The average Bonchev–Trinajstić information content (AvgIpc) is 3.08. The molecule has 1 atom stereocenters. The van der Waals surface area contributed by atoms with Crippen LogP contribution in [0.4, 0.5) is 0 Å². The first-order valence-electron chi connectivity index (χ1n) is 10.1. The number of carbonyl (C=O) groups is 1. The molecule has 0 saturated heterocycles. The number of carbonyl (C=O) groups excluding carboxylic acids is 1. The van der Waals surface area contributed by atoms with E-state index in [4.69, 9.17) is 21.1 Å². The first-order chi connectivity index (χ1) is 15.8. The first-order valence-corrected chi connectivity index (χ1v) is 12.4. The Balaban J connectivity index is 1.93. The molecule has 0 aliphatic carbocycles. The van der Waals surface area contributed by atoms with Crippen molar-refractivity contribution < 1.29 is 14.3 Å². The summed E-state index contributed by atoms with van der Waals surface area (Å²) in [6.07, 6.45) is 1.83. The lowest BCUT2D eigenvalue weighted by Gasteiger charge is -2.24. The highest BCUT2D eigenvalue weighted by Gasteiger charge is 2.33. The summed E-state index contributed by atoms with van der Waals surface area (Å²) in [5.41, 5.74) is 2.27. The van der Waals surface area contributed by atoms with Gasteiger partial charge in [-0.1, -0.05) is 41.1 Å². The molecule has 0 saturated carbocycles. The van der Waals surface area contributed by atoms with Crippen LogP contribution in [0.5, 0.6) is 5.75 Å². The minimum Gasteiger partial charge on any atom is -0.496 e. The molecule has 1 aromatic heterocycles. The number of benzene rings is 2. The van der Waals surface area contributed by atoms with Gasteiger partial charge < -0.3 is 9.47 Å². The smallest absolute Gasteiger partial charge is 0.338 e. The number of nitrogens with zero attached hydrogens (tertiary/aromatic N) is 2. The molecule has 2 heterocycles. The van der Waals surface area contributed by atoms with Gasteiger partial charge in [0.15, 0.2) is 4.80 Å². The zero-order chi connectivity index (χ0) is 23.7. The Hall–Kier alpha value is -2.43. The van der Waals surface area contributed by atoms with E-state index >= 15 is 0 Å². The number of fused-ring (bicyclic) bond motifs is 1. The molecule has 1 aliphatic heterocycles. The summed E-state index contributed by atoms with van der Waals surface area (Å²) in [6, 6.07) is 12.2. The van der Waals surface area contributed by atoms with Crippen molar-refractivity contribution in [1.82, 2.24) is 4.57 Å². The maximum atomic E-state index is 13.6. The summed E-state index contributed by atoms with van der Waals surface area (Å²) in [7, 11) is 1.62. The highest BCUT2D eigenvalue weighted by molar-refractivity contribution is 14.1. The molecule has 0 N–H and O–H groups in total. The first kappa shape index (κ1) is 23.7. The van der Waals surface area contributed by atoms with Crippen LogP contribution in [-0.2, 0) is 9.53 Å². The second-order valence-corrected chi connectivity index (χ2v) is 9.86. The fourth-order valence-corrected chi connectivity index (χ4v) is 5.61. The predicted octanol–water partition coefficient (Wildman–Crippen LogP) is 4.06. The molecular formula is C24H20ClIN2O4S. The molecule has 3 aromatic rings. The quantitative estimate of drug-likeness (QED) is 0.330. The topological polar surface area (TPSA) is 69.9 Å². The summed E-state index contributed by atoms with van der Waals surface area (Å²) >= 11 is 9.57. The van der Waals surface area contributed by atoms with E-state index in [0.717, 1.165) is 20.4 Å². The van der Waals surface area contributed by atoms with Crippen molar-refractivity contribution in [2.75, 3.05) is 13.7 Å². The maximum absolute atomic E-state index is 13.6. The molecule has 0 amide bonds. The summed E-state index contributed by atoms with van der Waals surface area (Å²) in [5.74, 6) is 0.282. The molecule has 0 fully saturated rings. The second kappa shape index (κ2) is 9.82. The molecule has 4 rings (SSSR count). The summed E-state index contributed by atoms with van der Waals surface area (Å²) in [4.78, 5) is 31.6. The van der Waals surface area contributed by atoms with Crippen LogP contribution < -0.4 is 19.6 Å². The monoisotopic (exact) mass is 594 g/mol. The van der Waals surface area contributed by atoms with Crippen LogP contribution in [0, 0.1) is 3.57 Å². The van der Waals surface area contributed by atoms with E-state index in [9.17, 15) is 9.59 Å². The van der Waals surface area contributed by atoms with Crippen LogP contribution in [0.3, 0.4) is 0 Å². The van der Waals surface area contributed by atoms with Crippen molar-refractivity contribution in [1.29, 1.82) is 0 Å². The molecule has 1 unspecified atom stereocenters. The van der Waals surface area contributed by atoms with E-state index in [1.807, 2.05) is 36.4 Å². The third kappa shape index (κ3) is 4.64. The molecule has 170 valence electrons. The molecule has 0 spiro atoms. The third-order valence-electron chi connectivity index (χ3n) is 5.18. The number of ether oxygens (including phenoxy) is 2. The van der Waals surface area contributed by atoms with Gasteiger partial charge in [0.25, 0.3) is 5.56 Å². The van der Waals surface area contributed by atoms with Crippen molar-refractivity contribution >= 4 is 57.6 Å². The van der Waals surface area contributed by atoms with Gasteiger partial charge in [-0.15, -0.1) is 0 Å². The normalized spacial score (nSPS) is 15.8. The Kier molecular flexibility index (Phi) is 7.06. The molecule has 1 aliphatic rings. The average molecular weight is 595 g/mol. The Morgan fingerprint density at radius 2 is 2.00 bits per heavy atom. The van der Waals surface area contributed by atoms with E-state index in [1.54, 1.807) is 37.7 Å². The fourth-order valence-electron chi connectivity index (χ4n) is 3.68. The number of aromatic nitrogens is 1. The molecule has 0 radical (unpaired) electrons. The number of halogens is 2. The number of thiazole rings is 1. The lowest BCUT2D eigenvalue weighted by molar-refractivity contribution is -0.139. The number of esters is 1. The largest absolute Gasteiger partial charge is 0.496 e. The number of methoxy groups -OCH3 is 1. The van der Waals surface area contributed by atoms with E-state index in [-0.39, 0.29) is 12.2 Å². The van der Waals surface area contributed by atoms with Gasteiger partial charge in [-0.05, 0) is 77.9 Å². The highest BCUT2D eigenvalue weighted by atomic mass is 127. The minimum absolute atomic E-state index is 0.223. The zero-order valence-electron chi connectivity index (χ0n) is 18.1. The predicted molar refractivity (Wildman–Crippen MR) is 138 cm³/mol. The van der Waals surface area contributed by atoms with Gasteiger partial charge >= 0.3 is 5.97 Å². The number of hydrogen-bond donors (Lipinski definition) is 0. The van der Waals surface area contributed by atoms with Crippen molar-refractivity contribution in [3.63, 3.8) is 0 Å². The highest BCUT2D eigenvalue weighted by Crippen LogP contribution is 2.31. The van der Waals surface area contributed by atoms with E-state index in [0.29, 0.717) is 25.6 Å². The SMILES string of the molecule is CCOC(=O)C1=C(C)N=c2s/c(=C\c3ccc(OC)c(I)c3)c(=O)n2C1c1ccc(Cl)cc1. The molecular weight excluding hydrogens is 575 g/mol. The summed E-state index contributed by atoms with van der Waals surface area (Å²) < 4.78 is 13.6. The van der Waals surface area contributed by atoms with Crippen LogP contribution >= 0.6 is 45.5 Å². The van der Waals surface area contributed by atoms with Crippen LogP contribution in [0.1, 0.15) is 31.0 Å². The van der Waals surface area contributed by atoms with Gasteiger partial charge in [0.05, 0.1) is 39.1 Å². The van der Waals surface area contributed by atoms with Crippen molar-refractivity contribution in [2.24, 2.45) is 4.99 Å². The minimum atomic E-state index is -0.657. The Morgan fingerprint density at radius 3 is 2.64 bits per heavy atom. The van der Waals surface area contributed by atoms with Gasteiger partial charge in [0.1, 0.15) is 5.75 Å². The van der Waals surface area contributed by atoms with E-state index in [1.165, 1.54) is 11.3 Å².